The normalized spacial score (nSPS) is 20.9. The van der Waals surface area contributed by atoms with Gasteiger partial charge in [0.25, 0.3) is 5.91 Å². The monoisotopic (exact) mass is 409 g/mol. The van der Waals surface area contributed by atoms with Crippen molar-refractivity contribution in [1.82, 2.24) is 14.7 Å². The average molecular weight is 409 g/mol. The molecule has 2 aromatic rings. The zero-order valence-corrected chi connectivity index (χ0v) is 16.9. The number of hydrogen-bond donors (Lipinski definition) is 2. The number of carbonyl (C=O) groups is 2. The van der Waals surface area contributed by atoms with Gasteiger partial charge in [0.2, 0.25) is 5.91 Å². The van der Waals surface area contributed by atoms with Gasteiger partial charge in [0.05, 0.1) is 24.9 Å². The Balaban J connectivity index is 1.65. The van der Waals surface area contributed by atoms with E-state index in [0.29, 0.717) is 38.2 Å². The topological polar surface area (TPSA) is 116 Å². The van der Waals surface area contributed by atoms with Crippen LogP contribution < -0.4 is 16.2 Å². The van der Waals surface area contributed by atoms with E-state index >= 15 is 0 Å². The number of amides is 2. The molecule has 0 spiro atoms. The molecule has 2 aliphatic rings. The van der Waals surface area contributed by atoms with Gasteiger partial charge in [-0.25, -0.2) is 4.68 Å². The molecule has 8 heteroatoms. The van der Waals surface area contributed by atoms with E-state index in [1.165, 1.54) is 6.08 Å². The Morgan fingerprint density at radius 3 is 2.87 bits per heavy atom. The molecule has 4 N–H and O–H groups in total. The third-order valence-electron chi connectivity index (χ3n) is 6.03. The SMILES string of the molecule is C=CC(=O)N1CCC[C@H]1Cn1nc(C2CCOc3ccccc3C2)c(C(N)=O)c1N. The molecule has 1 fully saturated rings. The van der Waals surface area contributed by atoms with Crippen molar-refractivity contribution in [3.05, 3.63) is 53.7 Å². The third kappa shape index (κ3) is 3.65. The number of fused-ring (bicyclic) bond motifs is 1. The van der Waals surface area contributed by atoms with Crippen LogP contribution in [0.2, 0.25) is 0 Å². The number of nitrogens with zero attached hydrogens (tertiary/aromatic N) is 3. The minimum absolute atomic E-state index is 0.0332. The van der Waals surface area contributed by atoms with Crippen LogP contribution in [0.15, 0.2) is 36.9 Å². The molecule has 0 bridgehead atoms. The summed E-state index contributed by atoms with van der Waals surface area (Å²) in [5, 5.41) is 4.72. The first-order valence-corrected chi connectivity index (χ1v) is 10.3. The largest absolute Gasteiger partial charge is 0.493 e. The molecule has 8 nitrogen and oxygen atoms in total. The van der Waals surface area contributed by atoms with E-state index in [1.54, 1.807) is 9.58 Å². The summed E-state index contributed by atoms with van der Waals surface area (Å²) in [4.78, 5) is 26.2. The van der Waals surface area contributed by atoms with Crippen LogP contribution in [0.3, 0.4) is 0 Å². The molecule has 1 saturated heterocycles. The summed E-state index contributed by atoms with van der Waals surface area (Å²) in [6.45, 7) is 5.21. The summed E-state index contributed by atoms with van der Waals surface area (Å²) in [6.07, 6.45) is 4.49. The van der Waals surface area contributed by atoms with Gasteiger partial charge in [-0.1, -0.05) is 24.8 Å². The molecule has 158 valence electrons. The Morgan fingerprint density at radius 2 is 2.10 bits per heavy atom. The van der Waals surface area contributed by atoms with Crippen molar-refractivity contribution >= 4 is 17.6 Å². The zero-order chi connectivity index (χ0) is 21.3. The van der Waals surface area contributed by atoms with Crippen LogP contribution in [-0.4, -0.2) is 45.7 Å². The molecular formula is C22H27N5O3. The lowest BCUT2D eigenvalue weighted by atomic mass is 9.91. The fourth-order valence-electron chi connectivity index (χ4n) is 4.53. The Morgan fingerprint density at radius 1 is 1.30 bits per heavy atom. The Labute approximate surface area is 175 Å². The number of nitrogens with two attached hydrogens (primary N) is 2. The van der Waals surface area contributed by atoms with Crippen LogP contribution in [0.5, 0.6) is 5.75 Å². The zero-order valence-electron chi connectivity index (χ0n) is 16.9. The van der Waals surface area contributed by atoms with Crippen LogP contribution in [0.25, 0.3) is 0 Å². The molecule has 30 heavy (non-hydrogen) atoms. The van der Waals surface area contributed by atoms with Crippen molar-refractivity contribution in [3.63, 3.8) is 0 Å². The number of ether oxygens (including phenoxy) is 1. The van der Waals surface area contributed by atoms with E-state index in [2.05, 4.69) is 6.58 Å². The molecule has 1 aromatic heterocycles. The van der Waals surface area contributed by atoms with Gasteiger partial charge in [0, 0.05) is 12.5 Å². The molecule has 2 aliphatic heterocycles. The fourth-order valence-corrected chi connectivity index (χ4v) is 4.53. The number of para-hydroxylation sites is 1. The number of primary amides is 1. The quantitative estimate of drug-likeness (QED) is 0.731. The highest BCUT2D eigenvalue weighted by Crippen LogP contribution is 2.35. The Hall–Kier alpha value is -3.29. The molecule has 0 aliphatic carbocycles. The second kappa shape index (κ2) is 8.22. The highest BCUT2D eigenvalue weighted by molar-refractivity contribution is 5.98. The first-order valence-electron chi connectivity index (χ1n) is 10.3. The molecule has 2 amide bonds. The van der Waals surface area contributed by atoms with Crippen LogP contribution in [0.4, 0.5) is 5.82 Å². The van der Waals surface area contributed by atoms with Crippen molar-refractivity contribution in [3.8, 4) is 5.75 Å². The highest BCUT2D eigenvalue weighted by Gasteiger charge is 2.32. The van der Waals surface area contributed by atoms with Gasteiger partial charge in [-0.05, 0) is 43.4 Å². The maximum atomic E-state index is 12.3. The smallest absolute Gasteiger partial charge is 0.254 e. The van der Waals surface area contributed by atoms with Crippen molar-refractivity contribution in [1.29, 1.82) is 0 Å². The lowest BCUT2D eigenvalue weighted by molar-refractivity contribution is -0.127. The molecule has 1 unspecified atom stereocenters. The Kier molecular flexibility index (Phi) is 5.48. The van der Waals surface area contributed by atoms with Crippen molar-refractivity contribution in [2.45, 2.75) is 44.2 Å². The lowest BCUT2D eigenvalue weighted by Crippen LogP contribution is -2.37. The summed E-state index contributed by atoms with van der Waals surface area (Å²) < 4.78 is 7.49. The van der Waals surface area contributed by atoms with E-state index in [-0.39, 0.29) is 29.2 Å². The summed E-state index contributed by atoms with van der Waals surface area (Å²) >= 11 is 0. The van der Waals surface area contributed by atoms with Gasteiger partial charge in [-0.2, -0.15) is 5.10 Å². The first kappa shape index (κ1) is 20.0. The van der Waals surface area contributed by atoms with Gasteiger partial charge < -0.3 is 21.1 Å². The number of aromatic nitrogens is 2. The van der Waals surface area contributed by atoms with Gasteiger partial charge >= 0.3 is 0 Å². The number of hydrogen-bond acceptors (Lipinski definition) is 5. The van der Waals surface area contributed by atoms with Crippen LogP contribution in [-0.2, 0) is 17.8 Å². The number of anilines is 1. The fraction of sp³-hybridized carbons (Fsp3) is 0.409. The van der Waals surface area contributed by atoms with Crippen LogP contribution in [0.1, 0.15) is 46.8 Å². The number of carbonyl (C=O) groups excluding carboxylic acids is 2. The molecule has 2 atom stereocenters. The third-order valence-corrected chi connectivity index (χ3v) is 6.03. The molecule has 0 saturated carbocycles. The van der Waals surface area contributed by atoms with Crippen molar-refractivity contribution < 1.29 is 14.3 Å². The number of rotatable bonds is 5. The Bertz CT molecular complexity index is 983. The van der Waals surface area contributed by atoms with E-state index in [0.717, 1.165) is 24.2 Å². The predicted molar refractivity (Wildman–Crippen MR) is 113 cm³/mol. The maximum absolute atomic E-state index is 12.3. The van der Waals surface area contributed by atoms with Gasteiger partial charge in [0.15, 0.2) is 0 Å². The predicted octanol–water partition coefficient (Wildman–Crippen LogP) is 1.85. The maximum Gasteiger partial charge on any atom is 0.254 e. The molecule has 1 aromatic carbocycles. The first-order chi connectivity index (χ1) is 14.5. The second-order valence-corrected chi connectivity index (χ2v) is 7.87. The summed E-state index contributed by atoms with van der Waals surface area (Å²) in [7, 11) is 0. The second-order valence-electron chi connectivity index (χ2n) is 7.87. The van der Waals surface area contributed by atoms with E-state index < -0.39 is 5.91 Å². The van der Waals surface area contributed by atoms with E-state index in [4.69, 9.17) is 21.3 Å². The van der Waals surface area contributed by atoms with Crippen LogP contribution >= 0.6 is 0 Å². The number of benzene rings is 1. The standard InChI is InChI=1S/C22H27N5O3/c1-2-18(28)26-10-5-7-16(26)13-27-21(23)19(22(24)29)20(25-27)15-9-11-30-17-8-4-3-6-14(17)12-15/h2-4,6,8,15-16H,1,5,7,9-13,23H2,(H2,24,29)/t15?,16-/m0/s1. The lowest BCUT2D eigenvalue weighted by Gasteiger charge is -2.23. The minimum atomic E-state index is -0.586. The average Bonchev–Trinajstić information content (AvgIpc) is 3.25. The number of likely N-dealkylation sites (tertiary alicyclic amines) is 1. The number of nitrogen functional groups attached to an aromatic ring is 1. The summed E-state index contributed by atoms with van der Waals surface area (Å²) in [5.41, 5.74) is 14.0. The van der Waals surface area contributed by atoms with Gasteiger partial charge in [-0.15, -0.1) is 0 Å². The van der Waals surface area contributed by atoms with Crippen LogP contribution in [0, 0.1) is 0 Å². The molecule has 4 rings (SSSR count). The molecule has 3 heterocycles. The minimum Gasteiger partial charge on any atom is -0.493 e. The van der Waals surface area contributed by atoms with Gasteiger partial charge in [-0.3, -0.25) is 9.59 Å². The highest BCUT2D eigenvalue weighted by atomic mass is 16.5. The van der Waals surface area contributed by atoms with E-state index in [1.807, 2.05) is 24.3 Å². The molecular weight excluding hydrogens is 382 g/mol. The van der Waals surface area contributed by atoms with Crippen molar-refractivity contribution in [2.75, 3.05) is 18.9 Å². The summed E-state index contributed by atoms with van der Waals surface area (Å²) in [5.74, 6) is 0.398. The van der Waals surface area contributed by atoms with E-state index in [9.17, 15) is 9.59 Å². The van der Waals surface area contributed by atoms with Crippen molar-refractivity contribution in [2.24, 2.45) is 5.73 Å². The molecule has 0 radical (unpaired) electrons. The van der Waals surface area contributed by atoms with Gasteiger partial charge in [0.1, 0.15) is 17.1 Å². The summed E-state index contributed by atoms with van der Waals surface area (Å²) in [6, 6.07) is 7.85.